The Balaban J connectivity index is 2.67. The fraction of sp³-hybridized carbons (Fsp3) is 0.100. The summed E-state index contributed by atoms with van der Waals surface area (Å²) in [7, 11) is 0.337. The molecule has 0 aliphatic heterocycles. The molecule has 0 radical (unpaired) electrons. The summed E-state index contributed by atoms with van der Waals surface area (Å²) in [4.78, 5) is 4.53. The number of para-hydroxylation sites is 1. The van der Waals surface area contributed by atoms with Crippen molar-refractivity contribution in [3.05, 3.63) is 36.4 Å². The van der Waals surface area contributed by atoms with E-state index < -0.39 is 0 Å². The van der Waals surface area contributed by atoms with Gasteiger partial charge in [-0.1, -0.05) is 18.2 Å². The van der Waals surface area contributed by atoms with E-state index >= 15 is 0 Å². The topological polar surface area (TPSA) is 12.9 Å². The first kappa shape index (κ1) is 7.70. The van der Waals surface area contributed by atoms with Gasteiger partial charge in [-0.2, -0.15) is 0 Å². The van der Waals surface area contributed by atoms with Crippen LogP contribution < -0.4 is 5.44 Å². The molecule has 0 saturated heterocycles. The Bertz CT molecular complexity index is 398. The van der Waals surface area contributed by atoms with Crippen LogP contribution in [0.5, 0.6) is 0 Å². The number of nitrogens with zero attached hydrogens (tertiary/aromatic N) is 1. The van der Waals surface area contributed by atoms with E-state index in [2.05, 4.69) is 35.9 Å². The first-order valence-corrected chi connectivity index (χ1v) is 5.78. The quantitative estimate of drug-likeness (QED) is 0.605. The fourth-order valence-corrected chi connectivity index (χ4v) is 1.80. The Labute approximate surface area is 73.6 Å². The van der Waals surface area contributed by atoms with Crippen molar-refractivity contribution in [3.8, 4) is 0 Å². The summed E-state index contributed by atoms with van der Waals surface area (Å²) in [6, 6.07) is 12.5. The van der Waals surface area contributed by atoms with Gasteiger partial charge in [-0.15, -0.1) is 0 Å². The first-order chi connectivity index (χ1) is 5.90. The van der Waals surface area contributed by atoms with Crippen LogP contribution in [0.3, 0.4) is 0 Å². The van der Waals surface area contributed by atoms with Crippen LogP contribution in [-0.4, -0.2) is 11.6 Å². The van der Waals surface area contributed by atoms with Crippen molar-refractivity contribution in [2.45, 2.75) is 0 Å². The summed E-state index contributed by atoms with van der Waals surface area (Å²) < 4.78 is 0. The summed E-state index contributed by atoms with van der Waals surface area (Å²) in [5.41, 5.74) is 2.36. The molecule has 2 heteroatoms. The number of aromatic nitrogens is 1. The van der Waals surface area contributed by atoms with Gasteiger partial charge in [0.25, 0.3) is 0 Å². The third kappa shape index (κ3) is 1.33. The van der Waals surface area contributed by atoms with Crippen LogP contribution >= 0.6 is 8.58 Å². The van der Waals surface area contributed by atoms with Gasteiger partial charge in [0.2, 0.25) is 0 Å². The molecule has 1 aromatic heterocycles. The summed E-state index contributed by atoms with van der Waals surface area (Å²) >= 11 is 0. The predicted molar refractivity (Wildman–Crippen MR) is 57.0 cm³/mol. The van der Waals surface area contributed by atoms with E-state index in [1.54, 1.807) is 0 Å². The molecule has 12 heavy (non-hydrogen) atoms. The van der Waals surface area contributed by atoms with Gasteiger partial charge in [-0.25, -0.2) is 4.98 Å². The lowest BCUT2D eigenvalue weighted by Gasteiger charge is -1.95. The highest BCUT2D eigenvalue weighted by molar-refractivity contribution is 7.45. The van der Waals surface area contributed by atoms with Crippen LogP contribution in [0, 0.1) is 0 Å². The predicted octanol–water partition coefficient (Wildman–Crippen LogP) is 1.90. The standard InChI is InChI=1S/C10H10NP/c1-12-10-7-6-8-4-2-3-5-9(8)11-10/h2-7,12H,1H3/p+1. The van der Waals surface area contributed by atoms with Crippen LogP contribution in [0.4, 0.5) is 0 Å². The Morgan fingerprint density at radius 3 is 2.75 bits per heavy atom. The van der Waals surface area contributed by atoms with Crippen LogP contribution in [0.15, 0.2) is 36.4 Å². The average Bonchev–Trinajstić information content (AvgIpc) is 2.17. The van der Waals surface area contributed by atoms with Gasteiger partial charge >= 0.3 is 0 Å². The highest BCUT2D eigenvalue weighted by atomic mass is 31.1. The molecule has 0 bridgehead atoms. The normalized spacial score (nSPS) is 11.4. The largest absolute Gasteiger partial charge is 0.214 e. The third-order valence-electron chi connectivity index (χ3n) is 1.92. The minimum absolute atomic E-state index is 0.337. The van der Waals surface area contributed by atoms with Crippen LogP contribution in [0.1, 0.15) is 0 Å². The lowest BCUT2D eigenvalue weighted by Crippen LogP contribution is -1.98. The number of rotatable bonds is 1. The van der Waals surface area contributed by atoms with Crippen molar-refractivity contribution < 1.29 is 0 Å². The van der Waals surface area contributed by atoms with Crippen LogP contribution in [0.25, 0.3) is 10.9 Å². The zero-order valence-electron chi connectivity index (χ0n) is 6.99. The molecule has 1 unspecified atom stereocenters. The minimum Gasteiger partial charge on any atom is -0.214 e. The average molecular weight is 176 g/mol. The van der Waals surface area contributed by atoms with Crippen molar-refractivity contribution >= 4 is 24.9 Å². The van der Waals surface area contributed by atoms with E-state index in [1.807, 2.05) is 12.1 Å². The zero-order valence-corrected chi connectivity index (χ0v) is 8.14. The Kier molecular flexibility index (Phi) is 2.05. The van der Waals surface area contributed by atoms with E-state index in [0.29, 0.717) is 8.58 Å². The molecule has 2 rings (SSSR count). The summed E-state index contributed by atoms with van der Waals surface area (Å²) in [5, 5.41) is 1.23. The number of hydrogen-bond donors (Lipinski definition) is 0. The van der Waals surface area contributed by atoms with Crippen molar-refractivity contribution in [2.24, 2.45) is 0 Å². The van der Waals surface area contributed by atoms with Crippen molar-refractivity contribution in [3.63, 3.8) is 0 Å². The highest BCUT2D eigenvalue weighted by Gasteiger charge is 1.97. The van der Waals surface area contributed by atoms with Crippen molar-refractivity contribution in [2.75, 3.05) is 6.66 Å². The zero-order chi connectivity index (χ0) is 8.39. The Hall–Kier alpha value is -0.940. The van der Waals surface area contributed by atoms with Gasteiger partial charge < -0.3 is 0 Å². The molecule has 1 atom stereocenters. The second-order valence-electron chi connectivity index (χ2n) is 2.72. The van der Waals surface area contributed by atoms with Crippen LogP contribution in [0.2, 0.25) is 0 Å². The summed E-state index contributed by atoms with van der Waals surface area (Å²) in [5.74, 6) is 0. The van der Waals surface area contributed by atoms with E-state index in [0.717, 1.165) is 5.52 Å². The monoisotopic (exact) mass is 176 g/mol. The van der Waals surface area contributed by atoms with Crippen molar-refractivity contribution in [1.29, 1.82) is 0 Å². The second-order valence-corrected chi connectivity index (χ2v) is 3.89. The molecule has 0 spiro atoms. The molecule has 2 aromatic rings. The molecule has 0 N–H and O–H groups in total. The highest BCUT2D eigenvalue weighted by Crippen LogP contribution is 2.11. The van der Waals surface area contributed by atoms with Gasteiger partial charge in [0.05, 0.1) is 12.2 Å². The molecule has 0 aliphatic rings. The summed E-state index contributed by atoms with van der Waals surface area (Å²) in [6.45, 7) is 2.21. The molecule has 0 amide bonds. The van der Waals surface area contributed by atoms with Gasteiger partial charge in [-0.3, -0.25) is 0 Å². The molecule has 60 valence electrons. The number of benzene rings is 1. The van der Waals surface area contributed by atoms with E-state index in [-0.39, 0.29) is 0 Å². The lowest BCUT2D eigenvalue weighted by atomic mass is 10.2. The smallest absolute Gasteiger partial charge is 0.177 e. The van der Waals surface area contributed by atoms with Crippen molar-refractivity contribution in [1.82, 2.24) is 4.98 Å². The molecule has 1 aromatic carbocycles. The number of pyridine rings is 1. The maximum absolute atomic E-state index is 4.53. The van der Waals surface area contributed by atoms with Gasteiger partial charge in [0, 0.05) is 20.0 Å². The molecule has 0 aliphatic carbocycles. The maximum atomic E-state index is 4.53. The SMILES string of the molecule is C[PH2+]c1ccc2ccccc2n1. The Morgan fingerprint density at radius 2 is 1.92 bits per heavy atom. The lowest BCUT2D eigenvalue weighted by molar-refractivity contribution is 1.48. The van der Waals surface area contributed by atoms with Gasteiger partial charge in [0.1, 0.15) is 0 Å². The second kappa shape index (κ2) is 3.20. The molecule has 0 saturated carbocycles. The van der Waals surface area contributed by atoms with E-state index in [1.165, 1.54) is 10.8 Å². The molecule has 1 heterocycles. The molecule has 0 fully saturated rings. The number of fused-ring (bicyclic) bond motifs is 1. The van der Waals surface area contributed by atoms with Crippen LogP contribution in [-0.2, 0) is 0 Å². The summed E-state index contributed by atoms with van der Waals surface area (Å²) in [6.07, 6.45) is 0. The van der Waals surface area contributed by atoms with Gasteiger partial charge in [-0.05, 0) is 12.1 Å². The molecular weight excluding hydrogens is 165 g/mol. The fourth-order valence-electron chi connectivity index (χ4n) is 1.24. The maximum Gasteiger partial charge on any atom is 0.177 e. The van der Waals surface area contributed by atoms with E-state index in [4.69, 9.17) is 0 Å². The van der Waals surface area contributed by atoms with E-state index in [9.17, 15) is 0 Å². The first-order valence-electron chi connectivity index (χ1n) is 4.05. The van der Waals surface area contributed by atoms with Gasteiger partial charge in [0.15, 0.2) is 5.44 Å². The molecule has 1 nitrogen and oxygen atoms in total. The molecular formula is C10H11NP+. The minimum atomic E-state index is 0.337. The third-order valence-corrected chi connectivity index (χ3v) is 2.83. The Morgan fingerprint density at radius 1 is 1.08 bits per heavy atom. The number of hydrogen-bond acceptors (Lipinski definition) is 1.